The van der Waals surface area contributed by atoms with E-state index in [9.17, 15) is 18.0 Å². The number of rotatable bonds is 7. The summed E-state index contributed by atoms with van der Waals surface area (Å²) in [5.74, 6) is -0.231. The highest BCUT2D eigenvalue weighted by molar-refractivity contribution is 7.89. The van der Waals surface area contributed by atoms with E-state index in [0.29, 0.717) is 29.5 Å². The van der Waals surface area contributed by atoms with Crippen LogP contribution in [0.5, 0.6) is 5.75 Å². The number of benzene rings is 2. The molecule has 2 aromatic carbocycles. The lowest BCUT2D eigenvalue weighted by molar-refractivity contribution is -0.119. The molecule has 178 valence electrons. The van der Waals surface area contributed by atoms with Crippen molar-refractivity contribution in [2.24, 2.45) is 11.8 Å². The number of hydrogen-bond acceptors (Lipinski definition) is 6. The van der Waals surface area contributed by atoms with Crippen LogP contribution >= 0.6 is 11.6 Å². The molecular weight excluding hydrogens is 468 g/mol. The van der Waals surface area contributed by atoms with E-state index in [-0.39, 0.29) is 22.3 Å². The standard InChI is InChI=1S/C23H27ClN2O6S/c1-15-10-16(2)13-26(12-15)33(29,30)19-7-4-17(5-8-19)23(28)32-14-22(27)25-18-6-9-21(31-3)20(24)11-18/h4-9,11,15-16H,10,12-14H2,1-3H3,(H,25,27)/t15-,16-/m0/s1. The molecule has 0 spiro atoms. The first-order chi connectivity index (χ1) is 15.6. The molecule has 2 aromatic rings. The number of nitrogens with one attached hydrogen (secondary N) is 1. The number of carbonyl (C=O) groups excluding carboxylic acids is 2. The molecule has 1 saturated heterocycles. The number of carbonyl (C=O) groups is 2. The molecule has 0 bridgehead atoms. The minimum absolute atomic E-state index is 0.120. The molecular formula is C23H27ClN2O6S. The fraction of sp³-hybridized carbons (Fsp3) is 0.391. The third-order valence-electron chi connectivity index (χ3n) is 5.33. The summed E-state index contributed by atoms with van der Waals surface area (Å²) in [6.45, 7) is 4.52. The predicted molar refractivity (Wildman–Crippen MR) is 125 cm³/mol. The van der Waals surface area contributed by atoms with Crippen molar-refractivity contribution in [2.75, 3.05) is 32.1 Å². The van der Waals surface area contributed by atoms with Gasteiger partial charge in [0.25, 0.3) is 5.91 Å². The third-order valence-corrected chi connectivity index (χ3v) is 7.47. The SMILES string of the molecule is COc1ccc(NC(=O)COC(=O)c2ccc(S(=O)(=O)N3C[C@@H](C)C[C@H](C)C3)cc2)cc1Cl. The van der Waals surface area contributed by atoms with E-state index >= 15 is 0 Å². The van der Waals surface area contributed by atoms with Crippen LogP contribution in [0.2, 0.25) is 5.02 Å². The number of halogens is 1. The van der Waals surface area contributed by atoms with Crippen LogP contribution in [0.15, 0.2) is 47.4 Å². The van der Waals surface area contributed by atoms with Crippen molar-refractivity contribution in [1.29, 1.82) is 0 Å². The number of methoxy groups -OCH3 is 1. The second kappa shape index (κ2) is 10.5. The molecule has 0 unspecified atom stereocenters. The summed E-state index contributed by atoms with van der Waals surface area (Å²) in [5, 5.41) is 2.90. The maximum atomic E-state index is 13.0. The normalized spacial score (nSPS) is 19.0. The van der Waals surface area contributed by atoms with Crippen LogP contribution < -0.4 is 10.1 Å². The van der Waals surface area contributed by atoms with Gasteiger partial charge < -0.3 is 14.8 Å². The van der Waals surface area contributed by atoms with Crippen LogP contribution in [0.4, 0.5) is 5.69 Å². The van der Waals surface area contributed by atoms with Crippen molar-refractivity contribution < 1.29 is 27.5 Å². The molecule has 33 heavy (non-hydrogen) atoms. The van der Waals surface area contributed by atoms with Gasteiger partial charge in [-0.2, -0.15) is 4.31 Å². The van der Waals surface area contributed by atoms with Crippen molar-refractivity contribution in [2.45, 2.75) is 25.2 Å². The minimum atomic E-state index is -3.64. The summed E-state index contributed by atoms with van der Waals surface area (Å²) in [6, 6.07) is 10.3. The molecule has 1 N–H and O–H groups in total. The highest BCUT2D eigenvalue weighted by Crippen LogP contribution is 2.28. The van der Waals surface area contributed by atoms with E-state index in [0.717, 1.165) is 6.42 Å². The fourth-order valence-corrected chi connectivity index (χ4v) is 5.81. The second-order valence-electron chi connectivity index (χ2n) is 8.27. The molecule has 2 atom stereocenters. The summed E-state index contributed by atoms with van der Waals surface area (Å²) in [7, 11) is -2.16. The second-order valence-corrected chi connectivity index (χ2v) is 10.6. The fourth-order valence-electron chi connectivity index (χ4n) is 3.87. The summed E-state index contributed by atoms with van der Waals surface area (Å²) >= 11 is 6.02. The van der Waals surface area contributed by atoms with E-state index in [1.54, 1.807) is 12.1 Å². The Hall–Kier alpha value is -2.62. The number of piperidine rings is 1. The smallest absolute Gasteiger partial charge is 0.338 e. The average Bonchev–Trinajstić information content (AvgIpc) is 2.77. The van der Waals surface area contributed by atoms with Gasteiger partial charge in [-0.05, 0) is 60.7 Å². The van der Waals surface area contributed by atoms with Crippen LogP contribution in [0.1, 0.15) is 30.6 Å². The number of anilines is 1. The highest BCUT2D eigenvalue weighted by Gasteiger charge is 2.31. The first kappa shape index (κ1) is 25.0. The molecule has 1 aliphatic heterocycles. The van der Waals surface area contributed by atoms with E-state index in [1.165, 1.54) is 41.7 Å². The zero-order valence-corrected chi connectivity index (χ0v) is 20.3. The molecule has 1 aliphatic rings. The molecule has 0 aliphatic carbocycles. The Labute approximate surface area is 198 Å². The topological polar surface area (TPSA) is 102 Å². The Kier molecular flexibility index (Phi) is 7.99. The maximum Gasteiger partial charge on any atom is 0.338 e. The minimum Gasteiger partial charge on any atom is -0.495 e. The maximum absolute atomic E-state index is 13.0. The summed E-state index contributed by atoms with van der Waals surface area (Å²) in [5.41, 5.74) is 0.576. The van der Waals surface area contributed by atoms with Crippen LogP contribution in [0.25, 0.3) is 0 Å². The predicted octanol–water partition coefficient (Wildman–Crippen LogP) is 3.81. The molecule has 1 fully saturated rings. The lowest BCUT2D eigenvalue weighted by Gasteiger charge is -2.34. The monoisotopic (exact) mass is 494 g/mol. The number of sulfonamides is 1. The van der Waals surface area contributed by atoms with E-state index in [1.807, 2.05) is 13.8 Å². The van der Waals surface area contributed by atoms with Crippen LogP contribution in [-0.2, 0) is 19.6 Å². The first-order valence-electron chi connectivity index (χ1n) is 10.5. The van der Waals surface area contributed by atoms with E-state index < -0.39 is 28.5 Å². The molecule has 1 heterocycles. The number of esters is 1. The van der Waals surface area contributed by atoms with Gasteiger partial charge in [0.1, 0.15) is 5.75 Å². The van der Waals surface area contributed by atoms with Gasteiger partial charge in [0.15, 0.2) is 6.61 Å². The number of amides is 1. The Bertz CT molecular complexity index is 1110. The number of ether oxygens (including phenoxy) is 2. The van der Waals surface area contributed by atoms with Gasteiger partial charge in [-0.3, -0.25) is 4.79 Å². The molecule has 0 aromatic heterocycles. The molecule has 10 heteroatoms. The molecule has 0 radical (unpaired) electrons. The van der Waals surface area contributed by atoms with Crippen LogP contribution in [-0.4, -0.2) is 51.4 Å². The Morgan fingerprint density at radius 1 is 1.09 bits per heavy atom. The van der Waals surface area contributed by atoms with Crippen LogP contribution in [0, 0.1) is 11.8 Å². The first-order valence-corrected chi connectivity index (χ1v) is 12.3. The van der Waals surface area contributed by atoms with E-state index in [2.05, 4.69) is 5.32 Å². The third kappa shape index (κ3) is 6.25. The van der Waals surface area contributed by atoms with Gasteiger partial charge in [-0.15, -0.1) is 0 Å². The summed E-state index contributed by atoms with van der Waals surface area (Å²) in [6.07, 6.45) is 0.996. The van der Waals surface area contributed by atoms with Crippen molar-refractivity contribution in [3.63, 3.8) is 0 Å². The molecule has 8 nitrogen and oxygen atoms in total. The van der Waals surface area contributed by atoms with Gasteiger partial charge >= 0.3 is 5.97 Å². The number of hydrogen-bond donors (Lipinski definition) is 1. The zero-order valence-electron chi connectivity index (χ0n) is 18.7. The lowest BCUT2D eigenvalue weighted by Crippen LogP contribution is -2.42. The number of nitrogens with zero attached hydrogens (tertiary/aromatic N) is 1. The average molecular weight is 495 g/mol. The van der Waals surface area contributed by atoms with Crippen molar-refractivity contribution in [3.8, 4) is 5.75 Å². The lowest BCUT2D eigenvalue weighted by atomic mass is 9.94. The Morgan fingerprint density at radius 2 is 1.73 bits per heavy atom. The summed E-state index contributed by atoms with van der Waals surface area (Å²) < 4.78 is 37.5. The zero-order chi connectivity index (χ0) is 24.2. The van der Waals surface area contributed by atoms with Gasteiger partial charge in [-0.1, -0.05) is 25.4 Å². The quantitative estimate of drug-likeness (QED) is 0.587. The largest absolute Gasteiger partial charge is 0.495 e. The molecule has 0 saturated carbocycles. The molecule has 1 amide bonds. The molecule has 3 rings (SSSR count). The van der Waals surface area contributed by atoms with Crippen molar-refractivity contribution in [1.82, 2.24) is 4.31 Å². The van der Waals surface area contributed by atoms with Gasteiger partial charge in [0.05, 0.1) is 22.6 Å². The highest BCUT2D eigenvalue weighted by atomic mass is 35.5. The van der Waals surface area contributed by atoms with Gasteiger partial charge in [0, 0.05) is 18.8 Å². The van der Waals surface area contributed by atoms with Crippen molar-refractivity contribution >= 4 is 39.2 Å². The van der Waals surface area contributed by atoms with Gasteiger partial charge in [-0.25, -0.2) is 13.2 Å². The Morgan fingerprint density at radius 3 is 2.30 bits per heavy atom. The van der Waals surface area contributed by atoms with Crippen LogP contribution in [0.3, 0.4) is 0 Å². The Balaban J connectivity index is 1.57. The van der Waals surface area contributed by atoms with E-state index in [4.69, 9.17) is 21.1 Å². The van der Waals surface area contributed by atoms with Gasteiger partial charge in [0.2, 0.25) is 10.0 Å². The summed E-state index contributed by atoms with van der Waals surface area (Å²) in [4.78, 5) is 24.5. The van der Waals surface area contributed by atoms with Crippen molar-refractivity contribution in [3.05, 3.63) is 53.1 Å².